The van der Waals surface area contributed by atoms with Crippen LogP contribution in [0.3, 0.4) is 0 Å². The maximum Gasteiger partial charge on any atom is 0.277 e. The number of rotatable bonds is 7. The molecule has 2 aromatic rings. The van der Waals surface area contributed by atoms with Gasteiger partial charge >= 0.3 is 0 Å². The zero-order valence-electron chi connectivity index (χ0n) is 13.3. The van der Waals surface area contributed by atoms with Crippen LogP contribution >= 0.6 is 0 Å². The summed E-state index contributed by atoms with van der Waals surface area (Å²) in [7, 11) is 1.60. The second kappa shape index (κ2) is 8.58. The molecule has 0 saturated carbocycles. The van der Waals surface area contributed by atoms with Crippen LogP contribution in [0.4, 0.5) is 0 Å². The molecule has 2 rings (SSSR count). The SMILES string of the molecule is CCc1ccccc1OCC(=O)N/N=C/c1cccc(OC)c1. The maximum atomic E-state index is 11.8. The van der Waals surface area contributed by atoms with E-state index >= 15 is 0 Å². The average molecular weight is 312 g/mol. The second-order valence-corrected chi connectivity index (χ2v) is 4.82. The molecule has 0 atom stereocenters. The van der Waals surface area contributed by atoms with Gasteiger partial charge in [-0.3, -0.25) is 4.79 Å². The first kappa shape index (κ1) is 16.5. The van der Waals surface area contributed by atoms with Gasteiger partial charge in [0, 0.05) is 0 Å². The summed E-state index contributed by atoms with van der Waals surface area (Å²) in [5.74, 6) is 1.15. The molecule has 5 nitrogen and oxygen atoms in total. The average Bonchev–Trinajstić information content (AvgIpc) is 2.60. The van der Waals surface area contributed by atoms with Gasteiger partial charge in [-0.15, -0.1) is 0 Å². The molecule has 2 aromatic carbocycles. The molecule has 0 saturated heterocycles. The standard InChI is InChI=1S/C18H20N2O3/c1-3-15-8-4-5-10-17(15)23-13-18(21)20-19-12-14-7-6-9-16(11-14)22-2/h4-12H,3,13H2,1-2H3,(H,20,21)/b19-12+. The minimum Gasteiger partial charge on any atom is -0.497 e. The van der Waals surface area contributed by atoms with Crippen LogP contribution in [0.1, 0.15) is 18.1 Å². The molecule has 1 amide bonds. The zero-order chi connectivity index (χ0) is 16.5. The van der Waals surface area contributed by atoms with Crippen molar-refractivity contribution in [2.45, 2.75) is 13.3 Å². The highest BCUT2D eigenvalue weighted by molar-refractivity contribution is 5.83. The number of carbonyl (C=O) groups is 1. The lowest BCUT2D eigenvalue weighted by Gasteiger charge is -2.09. The summed E-state index contributed by atoms with van der Waals surface area (Å²) in [6.07, 6.45) is 2.41. The number of carbonyl (C=O) groups excluding carboxylic acids is 1. The molecule has 0 aliphatic carbocycles. The van der Waals surface area contributed by atoms with E-state index in [0.717, 1.165) is 29.0 Å². The van der Waals surface area contributed by atoms with Gasteiger partial charge in [0.25, 0.3) is 5.91 Å². The lowest BCUT2D eigenvalue weighted by molar-refractivity contribution is -0.123. The molecule has 120 valence electrons. The number of ether oxygens (including phenoxy) is 2. The summed E-state index contributed by atoms with van der Waals surface area (Å²) in [5, 5.41) is 3.91. The van der Waals surface area contributed by atoms with E-state index in [1.807, 2.05) is 55.5 Å². The first-order valence-electron chi connectivity index (χ1n) is 7.39. The summed E-state index contributed by atoms with van der Waals surface area (Å²) in [6, 6.07) is 15.1. The monoisotopic (exact) mass is 312 g/mol. The smallest absolute Gasteiger partial charge is 0.277 e. The number of hydrogen-bond donors (Lipinski definition) is 1. The van der Waals surface area contributed by atoms with Crippen molar-refractivity contribution in [3.63, 3.8) is 0 Å². The van der Waals surface area contributed by atoms with Crippen molar-refractivity contribution in [1.82, 2.24) is 5.43 Å². The van der Waals surface area contributed by atoms with Gasteiger partial charge in [0.1, 0.15) is 11.5 Å². The molecule has 5 heteroatoms. The van der Waals surface area contributed by atoms with Crippen molar-refractivity contribution in [1.29, 1.82) is 0 Å². The second-order valence-electron chi connectivity index (χ2n) is 4.82. The Morgan fingerprint density at radius 1 is 1.22 bits per heavy atom. The molecular weight excluding hydrogens is 292 g/mol. The Bertz CT molecular complexity index is 683. The van der Waals surface area contributed by atoms with Gasteiger partial charge < -0.3 is 9.47 Å². The molecule has 0 fully saturated rings. The van der Waals surface area contributed by atoms with Crippen LogP contribution in [-0.4, -0.2) is 25.8 Å². The third-order valence-corrected chi connectivity index (χ3v) is 3.21. The molecular formula is C18H20N2O3. The summed E-state index contributed by atoms with van der Waals surface area (Å²) >= 11 is 0. The number of nitrogens with one attached hydrogen (secondary N) is 1. The molecule has 0 aliphatic heterocycles. The van der Waals surface area contributed by atoms with Gasteiger partial charge in [-0.1, -0.05) is 37.3 Å². The number of para-hydroxylation sites is 1. The van der Waals surface area contributed by atoms with Gasteiger partial charge in [0.2, 0.25) is 0 Å². The predicted molar refractivity (Wildman–Crippen MR) is 90.0 cm³/mol. The largest absolute Gasteiger partial charge is 0.497 e. The summed E-state index contributed by atoms with van der Waals surface area (Å²) in [4.78, 5) is 11.8. The molecule has 0 heterocycles. The van der Waals surface area contributed by atoms with Crippen LogP contribution in [0.15, 0.2) is 53.6 Å². The van der Waals surface area contributed by atoms with Crippen molar-refractivity contribution in [2.75, 3.05) is 13.7 Å². The van der Waals surface area contributed by atoms with Crippen LogP contribution in [0.25, 0.3) is 0 Å². The minimum atomic E-state index is -0.310. The fourth-order valence-corrected chi connectivity index (χ4v) is 2.01. The molecule has 23 heavy (non-hydrogen) atoms. The zero-order valence-corrected chi connectivity index (χ0v) is 13.3. The van der Waals surface area contributed by atoms with E-state index in [2.05, 4.69) is 10.5 Å². The Kier molecular flexibility index (Phi) is 6.17. The van der Waals surface area contributed by atoms with E-state index in [1.54, 1.807) is 13.3 Å². The van der Waals surface area contributed by atoms with E-state index in [-0.39, 0.29) is 12.5 Å². The number of benzene rings is 2. The van der Waals surface area contributed by atoms with Gasteiger partial charge in [0.15, 0.2) is 6.61 Å². The highest BCUT2D eigenvalue weighted by Gasteiger charge is 2.04. The normalized spacial score (nSPS) is 10.5. The molecule has 0 aliphatic rings. The Hall–Kier alpha value is -2.82. The quantitative estimate of drug-likeness (QED) is 0.632. The van der Waals surface area contributed by atoms with E-state index in [0.29, 0.717) is 0 Å². The van der Waals surface area contributed by atoms with Crippen molar-refractivity contribution < 1.29 is 14.3 Å². The summed E-state index contributed by atoms with van der Waals surface area (Å²) in [5.41, 5.74) is 4.35. The van der Waals surface area contributed by atoms with Crippen LogP contribution in [0, 0.1) is 0 Å². The Balaban J connectivity index is 1.84. The lowest BCUT2D eigenvalue weighted by Crippen LogP contribution is -2.24. The third-order valence-electron chi connectivity index (χ3n) is 3.21. The number of hydrazone groups is 1. The minimum absolute atomic E-state index is 0.0769. The fourth-order valence-electron chi connectivity index (χ4n) is 2.01. The van der Waals surface area contributed by atoms with E-state index in [9.17, 15) is 4.79 Å². The third kappa shape index (κ3) is 5.14. The van der Waals surface area contributed by atoms with Gasteiger partial charge in [-0.2, -0.15) is 5.10 Å². The van der Waals surface area contributed by atoms with Crippen LogP contribution in [0.2, 0.25) is 0 Å². The summed E-state index contributed by atoms with van der Waals surface area (Å²) < 4.78 is 10.6. The molecule has 0 spiro atoms. The molecule has 0 radical (unpaired) electrons. The van der Waals surface area contributed by atoms with Crippen LogP contribution < -0.4 is 14.9 Å². The lowest BCUT2D eigenvalue weighted by atomic mass is 10.1. The number of nitrogens with zero attached hydrogens (tertiary/aromatic N) is 1. The predicted octanol–water partition coefficient (Wildman–Crippen LogP) is 2.79. The van der Waals surface area contributed by atoms with Gasteiger partial charge in [-0.25, -0.2) is 5.43 Å². The number of aryl methyl sites for hydroxylation is 1. The summed E-state index contributed by atoms with van der Waals surface area (Å²) in [6.45, 7) is 1.97. The molecule has 0 aromatic heterocycles. The topological polar surface area (TPSA) is 59.9 Å². The highest BCUT2D eigenvalue weighted by atomic mass is 16.5. The van der Waals surface area contributed by atoms with Crippen molar-refractivity contribution in [3.8, 4) is 11.5 Å². The first-order chi connectivity index (χ1) is 11.2. The maximum absolute atomic E-state index is 11.8. The van der Waals surface area contributed by atoms with Crippen LogP contribution in [0.5, 0.6) is 11.5 Å². The van der Waals surface area contributed by atoms with Crippen molar-refractivity contribution in [2.24, 2.45) is 5.10 Å². The number of hydrogen-bond acceptors (Lipinski definition) is 4. The Morgan fingerprint density at radius 2 is 2.04 bits per heavy atom. The number of amides is 1. The van der Waals surface area contributed by atoms with Crippen molar-refractivity contribution >= 4 is 12.1 Å². The van der Waals surface area contributed by atoms with Crippen LogP contribution in [-0.2, 0) is 11.2 Å². The highest BCUT2D eigenvalue weighted by Crippen LogP contribution is 2.17. The van der Waals surface area contributed by atoms with E-state index in [1.165, 1.54) is 0 Å². The Labute approximate surface area is 135 Å². The fraction of sp³-hybridized carbons (Fsp3) is 0.222. The number of methoxy groups -OCH3 is 1. The van der Waals surface area contributed by atoms with Gasteiger partial charge in [-0.05, 0) is 35.7 Å². The molecule has 1 N–H and O–H groups in total. The van der Waals surface area contributed by atoms with Crippen molar-refractivity contribution in [3.05, 3.63) is 59.7 Å². The molecule has 0 unspecified atom stereocenters. The van der Waals surface area contributed by atoms with Gasteiger partial charge in [0.05, 0.1) is 13.3 Å². The van der Waals surface area contributed by atoms with E-state index < -0.39 is 0 Å². The van der Waals surface area contributed by atoms with E-state index in [4.69, 9.17) is 9.47 Å². The first-order valence-corrected chi connectivity index (χ1v) is 7.39. The molecule has 0 bridgehead atoms. The Morgan fingerprint density at radius 3 is 2.83 bits per heavy atom.